The van der Waals surface area contributed by atoms with Crippen molar-refractivity contribution >= 4 is 34.1 Å². The minimum absolute atomic E-state index is 0.111. The molecule has 1 aromatic rings. The number of hydrogen-bond acceptors (Lipinski definition) is 5. The molecule has 0 aromatic heterocycles. The lowest BCUT2D eigenvalue weighted by atomic mass is 10.0. The molecule has 1 atom stereocenters. The van der Waals surface area contributed by atoms with Gasteiger partial charge in [0.1, 0.15) is 11.0 Å². The summed E-state index contributed by atoms with van der Waals surface area (Å²) in [4.78, 5) is 13.9. The molecule has 2 rings (SSSR count). The second-order valence-electron chi connectivity index (χ2n) is 5.04. The van der Waals surface area contributed by atoms with Gasteiger partial charge in [0.05, 0.1) is 4.90 Å². The first-order valence-corrected chi connectivity index (χ1v) is 8.13. The summed E-state index contributed by atoms with van der Waals surface area (Å²) < 4.78 is 22.8. The van der Waals surface area contributed by atoms with Crippen molar-refractivity contribution in [1.29, 1.82) is 0 Å². The molecule has 0 radical (unpaired) electrons. The number of nitrogens with zero attached hydrogens (tertiary/aromatic N) is 1. The van der Waals surface area contributed by atoms with Gasteiger partial charge in [-0.2, -0.15) is 0 Å². The number of nitrogens with one attached hydrogen (secondary N) is 1. The summed E-state index contributed by atoms with van der Waals surface area (Å²) in [5.41, 5.74) is -0.402. The number of hydrogen-bond donors (Lipinski definition) is 2. The smallest absolute Gasteiger partial charge is 0.247 e. The van der Waals surface area contributed by atoms with Crippen LogP contribution in [0.25, 0.3) is 0 Å². The SMILES string of the molecule is CC1(C)C(=O)NC(S)N1c1ccc(S(C)(=O)=O)cc1. The summed E-state index contributed by atoms with van der Waals surface area (Å²) in [5, 5.41) is 2.73. The van der Waals surface area contributed by atoms with Crippen molar-refractivity contribution < 1.29 is 13.2 Å². The highest BCUT2D eigenvalue weighted by Crippen LogP contribution is 2.32. The Hall–Kier alpha value is -1.21. The maximum atomic E-state index is 11.8. The highest BCUT2D eigenvalue weighted by Gasteiger charge is 2.45. The van der Waals surface area contributed by atoms with Gasteiger partial charge in [0, 0.05) is 11.9 Å². The molecule has 0 bridgehead atoms. The predicted molar refractivity (Wildman–Crippen MR) is 77.0 cm³/mol. The van der Waals surface area contributed by atoms with Crippen molar-refractivity contribution in [3.8, 4) is 0 Å². The summed E-state index contributed by atoms with van der Waals surface area (Å²) >= 11 is 4.33. The number of anilines is 1. The van der Waals surface area contributed by atoms with E-state index in [9.17, 15) is 13.2 Å². The van der Waals surface area contributed by atoms with Gasteiger partial charge in [0.2, 0.25) is 5.91 Å². The molecule has 104 valence electrons. The monoisotopic (exact) mass is 300 g/mol. The summed E-state index contributed by atoms with van der Waals surface area (Å²) in [6.07, 6.45) is 1.16. The second-order valence-corrected chi connectivity index (χ2v) is 7.55. The van der Waals surface area contributed by atoms with Gasteiger partial charge < -0.3 is 10.2 Å². The van der Waals surface area contributed by atoms with E-state index in [4.69, 9.17) is 0 Å². The van der Waals surface area contributed by atoms with E-state index in [1.165, 1.54) is 12.1 Å². The van der Waals surface area contributed by atoms with E-state index in [2.05, 4.69) is 17.9 Å². The molecule has 7 heteroatoms. The molecule has 1 aliphatic rings. The van der Waals surface area contributed by atoms with Crippen LogP contribution in [0.5, 0.6) is 0 Å². The van der Waals surface area contributed by atoms with Crippen LogP contribution in [0, 0.1) is 0 Å². The molecular formula is C12H16N2O3S2. The number of amides is 1. The zero-order valence-electron chi connectivity index (χ0n) is 10.9. The summed E-state index contributed by atoms with van der Waals surface area (Å²) in [5.74, 6) is -0.111. The average Bonchev–Trinajstić information content (AvgIpc) is 2.47. The standard InChI is InChI=1S/C12H16N2O3S2/c1-12(2)10(15)13-11(18)14(12)8-4-6-9(7-5-8)19(3,16)17/h4-7,11,18H,1-3H3,(H,13,15). The second kappa shape index (κ2) is 4.42. The molecule has 19 heavy (non-hydrogen) atoms. The molecule has 1 fully saturated rings. The first-order valence-electron chi connectivity index (χ1n) is 5.72. The number of sulfone groups is 1. The van der Waals surface area contributed by atoms with Gasteiger partial charge in [0.15, 0.2) is 9.84 Å². The lowest BCUT2D eigenvalue weighted by Crippen LogP contribution is -2.44. The molecular weight excluding hydrogens is 284 g/mol. The fourth-order valence-corrected chi connectivity index (χ4v) is 3.26. The largest absolute Gasteiger partial charge is 0.329 e. The minimum atomic E-state index is -3.22. The molecule has 0 saturated carbocycles. The predicted octanol–water partition coefficient (Wildman–Crippen LogP) is 1.02. The van der Waals surface area contributed by atoms with Crippen LogP contribution in [0.4, 0.5) is 5.69 Å². The lowest BCUT2D eigenvalue weighted by Gasteiger charge is -2.32. The van der Waals surface area contributed by atoms with Crippen LogP contribution in [0.3, 0.4) is 0 Å². The Morgan fingerprint density at radius 2 is 1.79 bits per heavy atom. The van der Waals surface area contributed by atoms with E-state index < -0.39 is 20.9 Å². The van der Waals surface area contributed by atoms with Gasteiger partial charge in [-0.15, -0.1) is 12.6 Å². The van der Waals surface area contributed by atoms with Crippen molar-refractivity contribution in [2.75, 3.05) is 11.2 Å². The topological polar surface area (TPSA) is 66.5 Å². The van der Waals surface area contributed by atoms with Crippen LogP contribution >= 0.6 is 12.6 Å². The average molecular weight is 300 g/mol. The van der Waals surface area contributed by atoms with Crippen LogP contribution in [-0.4, -0.2) is 31.6 Å². The zero-order valence-corrected chi connectivity index (χ0v) is 12.6. The number of carbonyl (C=O) groups is 1. The maximum absolute atomic E-state index is 11.8. The van der Waals surface area contributed by atoms with Gasteiger partial charge in [-0.05, 0) is 38.1 Å². The van der Waals surface area contributed by atoms with E-state index in [1.807, 2.05) is 4.90 Å². The Morgan fingerprint density at radius 1 is 1.26 bits per heavy atom. The molecule has 0 aliphatic carbocycles. The normalized spacial score (nSPS) is 22.4. The molecule has 1 amide bonds. The summed E-state index contributed by atoms with van der Waals surface area (Å²) in [6.45, 7) is 3.59. The quantitative estimate of drug-likeness (QED) is 0.800. The zero-order chi connectivity index (χ0) is 14.4. The molecule has 1 heterocycles. The van der Waals surface area contributed by atoms with E-state index in [0.717, 1.165) is 11.9 Å². The first kappa shape index (κ1) is 14.2. The van der Waals surface area contributed by atoms with Gasteiger partial charge in [0.25, 0.3) is 0 Å². The van der Waals surface area contributed by atoms with Crippen molar-refractivity contribution in [2.24, 2.45) is 0 Å². The van der Waals surface area contributed by atoms with Gasteiger partial charge >= 0.3 is 0 Å². The molecule has 1 aliphatic heterocycles. The Morgan fingerprint density at radius 3 is 2.16 bits per heavy atom. The molecule has 0 spiro atoms. The Balaban J connectivity index is 2.41. The highest BCUT2D eigenvalue weighted by atomic mass is 32.2. The Labute approximate surface area is 118 Å². The van der Waals surface area contributed by atoms with E-state index in [-0.39, 0.29) is 10.8 Å². The van der Waals surface area contributed by atoms with E-state index in [1.54, 1.807) is 26.0 Å². The Kier molecular flexibility index (Phi) is 3.30. The fraction of sp³-hybridized carbons (Fsp3) is 0.417. The highest BCUT2D eigenvalue weighted by molar-refractivity contribution is 7.90. The number of benzene rings is 1. The van der Waals surface area contributed by atoms with Crippen LogP contribution in [0.15, 0.2) is 29.2 Å². The number of thiol groups is 1. The lowest BCUT2D eigenvalue weighted by molar-refractivity contribution is -0.122. The van der Waals surface area contributed by atoms with Gasteiger partial charge in [-0.25, -0.2) is 8.42 Å². The van der Waals surface area contributed by atoms with Crippen molar-refractivity contribution in [1.82, 2.24) is 5.32 Å². The van der Waals surface area contributed by atoms with Crippen LogP contribution < -0.4 is 10.2 Å². The van der Waals surface area contributed by atoms with Crippen molar-refractivity contribution in [3.05, 3.63) is 24.3 Å². The maximum Gasteiger partial charge on any atom is 0.247 e. The third kappa shape index (κ3) is 2.44. The molecule has 1 aromatic carbocycles. The number of carbonyl (C=O) groups excluding carboxylic acids is 1. The molecule has 1 unspecified atom stereocenters. The fourth-order valence-electron chi connectivity index (χ4n) is 2.09. The van der Waals surface area contributed by atoms with Gasteiger partial charge in [-0.3, -0.25) is 4.79 Å². The third-order valence-corrected chi connectivity index (χ3v) is 4.69. The van der Waals surface area contributed by atoms with E-state index in [0.29, 0.717) is 0 Å². The first-order chi connectivity index (χ1) is 8.64. The number of rotatable bonds is 2. The van der Waals surface area contributed by atoms with Crippen molar-refractivity contribution in [2.45, 2.75) is 29.8 Å². The third-order valence-electron chi connectivity index (χ3n) is 3.21. The summed E-state index contributed by atoms with van der Waals surface area (Å²) in [6, 6.07) is 6.43. The Bertz CT molecular complexity index is 608. The van der Waals surface area contributed by atoms with Gasteiger partial charge in [-0.1, -0.05) is 0 Å². The minimum Gasteiger partial charge on any atom is -0.329 e. The molecule has 5 nitrogen and oxygen atoms in total. The van der Waals surface area contributed by atoms with E-state index >= 15 is 0 Å². The van der Waals surface area contributed by atoms with Crippen LogP contribution in [0.2, 0.25) is 0 Å². The molecule has 1 saturated heterocycles. The van der Waals surface area contributed by atoms with Crippen LogP contribution in [0.1, 0.15) is 13.8 Å². The molecule has 1 N–H and O–H groups in total. The van der Waals surface area contributed by atoms with Crippen LogP contribution in [-0.2, 0) is 14.6 Å². The summed E-state index contributed by atoms with van der Waals surface area (Å²) in [7, 11) is -3.22. The van der Waals surface area contributed by atoms with Crippen molar-refractivity contribution in [3.63, 3.8) is 0 Å².